The Morgan fingerprint density at radius 1 is 1.11 bits per heavy atom. The second-order valence-corrected chi connectivity index (χ2v) is 11.6. The average molecular weight is 581 g/mol. The lowest BCUT2D eigenvalue weighted by Crippen LogP contribution is -2.55. The molecule has 37 heavy (non-hydrogen) atoms. The molecule has 0 saturated carbocycles. The number of hydrogen-bond acceptors (Lipinski definition) is 7. The van der Waals surface area contributed by atoms with Gasteiger partial charge in [0.15, 0.2) is 11.6 Å². The summed E-state index contributed by atoms with van der Waals surface area (Å²) in [4.78, 5) is 41.4. The van der Waals surface area contributed by atoms with E-state index in [4.69, 9.17) is 14.6 Å². The monoisotopic (exact) mass is 579 g/mol. The Morgan fingerprint density at radius 3 is 2.38 bits per heavy atom. The average Bonchev–Trinajstić information content (AvgIpc) is 3.08. The van der Waals surface area contributed by atoms with E-state index in [0.29, 0.717) is 12.8 Å². The summed E-state index contributed by atoms with van der Waals surface area (Å²) in [6.07, 6.45) is 2.43. The Hall–Kier alpha value is -2.07. The van der Waals surface area contributed by atoms with Crippen LogP contribution in [0.2, 0.25) is 0 Å². The van der Waals surface area contributed by atoms with E-state index < -0.39 is 47.2 Å². The van der Waals surface area contributed by atoms with Crippen molar-refractivity contribution < 1.29 is 34.1 Å². The Labute approximate surface area is 227 Å². The molecular formula is C28H38BrNO7. The van der Waals surface area contributed by atoms with Crippen LogP contribution in [0, 0.1) is 11.8 Å². The first kappa shape index (κ1) is 29.5. The number of rotatable bonds is 11. The lowest BCUT2D eigenvalue weighted by Gasteiger charge is -2.39. The van der Waals surface area contributed by atoms with Crippen molar-refractivity contribution >= 4 is 33.7 Å². The summed E-state index contributed by atoms with van der Waals surface area (Å²) < 4.78 is 11.8. The molecule has 2 N–H and O–H groups in total. The minimum atomic E-state index is -1.78. The SMILES string of the molecule is CC(C)[C@H]1N(C(=O)[C@H](Cc2ccccc2)[C@H]2O[C@@](O)(CCCCCCO)C(Br)=CC2=O)C(=O)OC1(C)C. The predicted octanol–water partition coefficient (Wildman–Crippen LogP) is 4.51. The van der Waals surface area contributed by atoms with Crippen LogP contribution in [0.5, 0.6) is 0 Å². The van der Waals surface area contributed by atoms with Gasteiger partial charge in [0.05, 0.1) is 16.4 Å². The lowest BCUT2D eigenvalue weighted by molar-refractivity contribution is -0.218. The van der Waals surface area contributed by atoms with Crippen molar-refractivity contribution in [3.63, 3.8) is 0 Å². The molecule has 0 radical (unpaired) electrons. The third-order valence-electron chi connectivity index (χ3n) is 7.06. The molecule has 8 nitrogen and oxygen atoms in total. The smallest absolute Gasteiger partial charge is 0.417 e. The molecule has 9 heteroatoms. The second-order valence-electron chi connectivity index (χ2n) is 10.8. The highest BCUT2D eigenvalue weighted by molar-refractivity contribution is 9.11. The van der Waals surface area contributed by atoms with E-state index in [9.17, 15) is 19.5 Å². The molecule has 4 atom stereocenters. The van der Waals surface area contributed by atoms with E-state index in [1.807, 2.05) is 44.2 Å². The molecule has 0 spiro atoms. The number of nitrogens with zero attached hydrogens (tertiary/aromatic N) is 1. The standard InChI is InChI=1S/C28H38BrNO7/c1-18(2)24-27(3,4)37-26(34)30(24)25(33)20(16-19-12-8-7-9-13-19)23-21(32)17-22(29)28(35,36-23)14-10-5-6-11-15-31/h7-9,12-13,17-18,20,23-24,31,35H,5-6,10-11,14-16H2,1-4H3/t20-,23-,24-,28+/m1/s1. The van der Waals surface area contributed by atoms with E-state index in [1.165, 1.54) is 6.08 Å². The third kappa shape index (κ3) is 6.69. The van der Waals surface area contributed by atoms with Crippen molar-refractivity contribution in [1.82, 2.24) is 4.90 Å². The highest BCUT2D eigenvalue weighted by atomic mass is 79.9. The highest BCUT2D eigenvalue weighted by Gasteiger charge is 2.55. The molecule has 1 fully saturated rings. The van der Waals surface area contributed by atoms with E-state index in [0.717, 1.165) is 23.3 Å². The van der Waals surface area contributed by atoms with Gasteiger partial charge in [0.1, 0.15) is 11.7 Å². The summed E-state index contributed by atoms with van der Waals surface area (Å²) in [7, 11) is 0. The number of hydrogen-bond donors (Lipinski definition) is 2. The van der Waals surface area contributed by atoms with Crippen LogP contribution in [-0.4, -0.2) is 63.0 Å². The first-order valence-electron chi connectivity index (χ1n) is 12.9. The van der Waals surface area contributed by atoms with Crippen molar-refractivity contribution in [3.05, 3.63) is 46.5 Å². The maximum atomic E-state index is 14.1. The van der Waals surface area contributed by atoms with Crippen LogP contribution in [0.3, 0.4) is 0 Å². The number of carbonyl (C=O) groups is 3. The number of benzene rings is 1. The predicted molar refractivity (Wildman–Crippen MR) is 142 cm³/mol. The van der Waals surface area contributed by atoms with E-state index in [1.54, 1.807) is 13.8 Å². The number of amides is 2. The Kier molecular flexibility index (Phi) is 9.72. The molecule has 0 aromatic heterocycles. The Bertz CT molecular complexity index is 1010. The fraction of sp³-hybridized carbons (Fsp3) is 0.607. The molecule has 204 valence electrons. The maximum absolute atomic E-state index is 14.1. The van der Waals surface area contributed by atoms with Gasteiger partial charge in [0.2, 0.25) is 5.91 Å². The number of carbonyl (C=O) groups excluding carboxylic acids is 3. The van der Waals surface area contributed by atoms with Crippen LogP contribution in [0.4, 0.5) is 4.79 Å². The van der Waals surface area contributed by atoms with Gasteiger partial charge >= 0.3 is 6.09 Å². The first-order chi connectivity index (χ1) is 17.4. The van der Waals surface area contributed by atoms with Crippen molar-refractivity contribution in [2.45, 2.75) is 89.8 Å². The molecule has 1 saturated heterocycles. The summed E-state index contributed by atoms with van der Waals surface area (Å²) in [6.45, 7) is 7.48. The molecule has 2 aliphatic rings. The summed E-state index contributed by atoms with van der Waals surface area (Å²) in [5.74, 6) is -3.95. The lowest BCUT2D eigenvalue weighted by atomic mass is 9.85. The van der Waals surface area contributed by atoms with Crippen LogP contribution in [0.1, 0.15) is 65.4 Å². The number of aliphatic hydroxyl groups is 2. The van der Waals surface area contributed by atoms with Crippen LogP contribution >= 0.6 is 15.9 Å². The van der Waals surface area contributed by atoms with E-state index in [2.05, 4.69) is 15.9 Å². The summed E-state index contributed by atoms with van der Waals surface area (Å²) in [5, 5.41) is 20.4. The largest absolute Gasteiger partial charge is 0.441 e. The van der Waals surface area contributed by atoms with Gasteiger partial charge in [-0.25, -0.2) is 9.69 Å². The van der Waals surface area contributed by atoms with Crippen molar-refractivity contribution in [2.75, 3.05) is 6.61 Å². The van der Waals surface area contributed by atoms with Gasteiger partial charge in [0, 0.05) is 13.0 Å². The zero-order valence-electron chi connectivity index (χ0n) is 22.0. The van der Waals surface area contributed by atoms with Gasteiger partial charge in [-0.2, -0.15) is 0 Å². The van der Waals surface area contributed by atoms with Gasteiger partial charge in [-0.1, -0.05) is 57.0 Å². The Balaban J connectivity index is 1.94. The quantitative estimate of drug-likeness (QED) is 0.371. The minimum absolute atomic E-state index is 0.0874. The zero-order chi connectivity index (χ0) is 27.4. The number of imide groups is 1. The molecular weight excluding hydrogens is 542 g/mol. The van der Waals surface area contributed by atoms with E-state index in [-0.39, 0.29) is 29.8 Å². The van der Waals surface area contributed by atoms with Crippen molar-refractivity contribution in [1.29, 1.82) is 0 Å². The molecule has 1 aromatic rings. The topological polar surface area (TPSA) is 113 Å². The number of halogens is 1. The molecule has 2 heterocycles. The number of aliphatic hydroxyl groups excluding tert-OH is 1. The summed E-state index contributed by atoms with van der Waals surface area (Å²) >= 11 is 3.29. The summed E-state index contributed by atoms with van der Waals surface area (Å²) in [5.41, 5.74) is -0.0974. The fourth-order valence-electron chi connectivity index (χ4n) is 5.39. The Morgan fingerprint density at radius 2 is 1.76 bits per heavy atom. The normalized spacial score (nSPS) is 26.3. The van der Waals surface area contributed by atoms with Crippen LogP contribution < -0.4 is 0 Å². The molecule has 0 aliphatic carbocycles. The van der Waals surface area contributed by atoms with Gasteiger partial charge in [0.25, 0.3) is 0 Å². The van der Waals surface area contributed by atoms with Gasteiger partial charge < -0.3 is 19.7 Å². The fourth-order valence-corrected chi connectivity index (χ4v) is 5.91. The van der Waals surface area contributed by atoms with Crippen LogP contribution in [-0.2, 0) is 25.5 Å². The van der Waals surface area contributed by atoms with Crippen molar-refractivity contribution in [3.8, 4) is 0 Å². The molecule has 1 aromatic carbocycles. The molecule has 3 rings (SSSR count). The van der Waals surface area contributed by atoms with Gasteiger partial charge in [-0.15, -0.1) is 0 Å². The highest BCUT2D eigenvalue weighted by Crippen LogP contribution is 2.40. The number of ether oxygens (including phenoxy) is 2. The zero-order valence-corrected chi connectivity index (χ0v) is 23.6. The maximum Gasteiger partial charge on any atom is 0.417 e. The summed E-state index contributed by atoms with van der Waals surface area (Å²) in [6, 6.07) is 8.69. The molecule has 0 bridgehead atoms. The second kappa shape index (κ2) is 12.2. The third-order valence-corrected chi connectivity index (χ3v) is 7.90. The van der Waals surface area contributed by atoms with E-state index >= 15 is 0 Å². The van der Waals surface area contributed by atoms with Gasteiger partial charge in [-0.05, 0) is 66.6 Å². The van der Waals surface area contributed by atoms with Crippen molar-refractivity contribution in [2.24, 2.45) is 11.8 Å². The molecule has 0 unspecified atom stereocenters. The number of unbranched alkanes of at least 4 members (excludes halogenated alkanes) is 3. The first-order valence-corrected chi connectivity index (χ1v) is 13.7. The molecule has 2 amide bonds. The molecule has 2 aliphatic heterocycles. The van der Waals surface area contributed by atoms with Gasteiger partial charge in [-0.3, -0.25) is 9.59 Å². The number of cyclic esters (lactones) is 1. The van der Waals surface area contributed by atoms with Crippen LogP contribution in [0.15, 0.2) is 40.9 Å². The van der Waals surface area contributed by atoms with Crippen LogP contribution in [0.25, 0.3) is 0 Å². The minimum Gasteiger partial charge on any atom is -0.441 e. The number of ketones is 1.